The van der Waals surface area contributed by atoms with E-state index in [4.69, 9.17) is 11.6 Å². The van der Waals surface area contributed by atoms with Gasteiger partial charge in [-0.3, -0.25) is 14.2 Å². The summed E-state index contributed by atoms with van der Waals surface area (Å²) in [4.78, 5) is 39.8. The second-order valence-electron chi connectivity index (χ2n) is 10.3. The third-order valence-corrected chi connectivity index (χ3v) is 7.64. The van der Waals surface area contributed by atoms with Gasteiger partial charge in [-0.05, 0) is 42.2 Å². The van der Waals surface area contributed by atoms with Gasteiger partial charge in [0.1, 0.15) is 17.1 Å². The highest BCUT2D eigenvalue weighted by molar-refractivity contribution is 6.34. The number of nitrogens with zero attached hydrogens (tertiary/aromatic N) is 3. The van der Waals surface area contributed by atoms with Gasteiger partial charge >= 0.3 is 17.2 Å². The molecule has 208 valence electrons. The van der Waals surface area contributed by atoms with Gasteiger partial charge in [-0.15, -0.1) is 0 Å². The highest BCUT2D eigenvalue weighted by Crippen LogP contribution is 2.41. The van der Waals surface area contributed by atoms with Crippen LogP contribution in [0.3, 0.4) is 0 Å². The second-order valence-corrected chi connectivity index (χ2v) is 10.7. The number of amides is 1. The maximum Gasteiger partial charge on any atom is 0.407 e. The van der Waals surface area contributed by atoms with Gasteiger partial charge in [0, 0.05) is 31.1 Å². The predicted octanol–water partition coefficient (Wildman–Crippen LogP) is 5.50. The number of rotatable bonds is 5. The number of phenols is 1. The number of carbonyl (C=O) groups is 1. The molecule has 0 unspecified atom stereocenters. The number of carboxylic acid groups (broad SMARTS) is 1. The fourth-order valence-electron chi connectivity index (χ4n) is 5.37. The van der Waals surface area contributed by atoms with Crippen LogP contribution in [0.1, 0.15) is 30.9 Å². The zero-order valence-corrected chi connectivity index (χ0v) is 22.7. The quantitative estimate of drug-likeness (QED) is 0.309. The van der Waals surface area contributed by atoms with Crippen molar-refractivity contribution < 1.29 is 23.8 Å². The molecule has 2 heterocycles. The number of likely N-dealkylation sites (tertiary alicyclic amines) is 1. The molecule has 0 saturated carbocycles. The molecular formula is C29H26ClF2N3O5. The summed E-state index contributed by atoms with van der Waals surface area (Å²) < 4.78 is 33.8. The fraction of sp³-hybridized carbons (Fsp3) is 0.276. The minimum atomic E-state index is -1.10. The smallest absolute Gasteiger partial charge is 0.407 e. The van der Waals surface area contributed by atoms with E-state index in [1.807, 2.05) is 13.8 Å². The summed E-state index contributed by atoms with van der Waals surface area (Å²) in [5.74, 6) is -2.98. The van der Waals surface area contributed by atoms with Gasteiger partial charge in [0.05, 0.1) is 21.8 Å². The molecule has 3 aromatic carbocycles. The van der Waals surface area contributed by atoms with E-state index in [1.165, 1.54) is 18.2 Å². The molecule has 5 rings (SSSR count). The Hall–Kier alpha value is -4.18. The van der Waals surface area contributed by atoms with Crippen molar-refractivity contribution in [3.63, 3.8) is 0 Å². The van der Waals surface area contributed by atoms with Crippen LogP contribution in [-0.2, 0) is 6.54 Å². The Morgan fingerprint density at radius 2 is 1.75 bits per heavy atom. The lowest BCUT2D eigenvalue weighted by Gasteiger charge is -2.37. The SMILES string of the molecule is Cc1cccc(C(C)C)c1-n1c(=O)c(=O)n(CC2CN(C(=O)O)C2)c2cc(Cl)c(-c3c(O)cccc3F)c(F)c21. The molecule has 0 atom stereocenters. The molecule has 1 amide bonds. The number of para-hydroxylation sites is 1. The third-order valence-electron chi connectivity index (χ3n) is 7.34. The molecule has 1 aliphatic rings. The van der Waals surface area contributed by atoms with Crippen molar-refractivity contribution in [3.8, 4) is 22.6 Å². The molecule has 0 aliphatic carbocycles. The van der Waals surface area contributed by atoms with Gasteiger partial charge in [-0.25, -0.2) is 13.6 Å². The van der Waals surface area contributed by atoms with Crippen molar-refractivity contribution in [2.75, 3.05) is 13.1 Å². The Morgan fingerprint density at radius 1 is 1.07 bits per heavy atom. The van der Waals surface area contributed by atoms with Crippen molar-refractivity contribution >= 4 is 28.7 Å². The Balaban J connectivity index is 1.91. The maximum atomic E-state index is 16.8. The van der Waals surface area contributed by atoms with Crippen molar-refractivity contribution in [1.82, 2.24) is 14.0 Å². The number of hydrogen-bond acceptors (Lipinski definition) is 4. The average molecular weight is 570 g/mol. The summed E-state index contributed by atoms with van der Waals surface area (Å²) in [6.45, 7) is 5.75. The molecule has 11 heteroatoms. The van der Waals surface area contributed by atoms with Crippen molar-refractivity contribution in [2.24, 2.45) is 5.92 Å². The lowest BCUT2D eigenvalue weighted by molar-refractivity contribution is 0.0748. The lowest BCUT2D eigenvalue weighted by atomic mass is 9.97. The molecule has 2 N–H and O–H groups in total. The van der Waals surface area contributed by atoms with Crippen LogP contribution in [0.5, 0.6) is 5.75 Å². The van der Waals surface area contributed by atoms with E-state index in [1.54, 1.807) is 25.1 Å². The average Bonchev–Trinajstić information content (AvgIpc) is 2.85. The lowest BCUT2D eigenvalue weighted by Crippen LogP contribution is -2.52. The van der Waals surface area contributed by atoms with Crippen LogP contribution in [0.25, 0.3) is 27.8 Å². The third kappa shape index (κ3) is 4.32. The van der Waals surface area contributed by atoms with Crippen LogP contribution >= 0.6 is 11.6 Å². The molecule has 1 fully saturated rings. The van der Waals surface area contributed by atoms with E-state index >= 15 is 4.39 Å². The van der Waals surface area contributed by atoms with E-state index in [0.717, 1.165) is 20.1 Å². The zero-order chi connectivity index (χ0) is 29.0. The van der Waals surface area contributed by atoms with E-state index in [2.05, 4.69) is 0 Å². The van der Waals surface area contributed by atoms with Gasteiger partial charge in [0.15, 0.2) is 5.82 Å². The molecule has 0 bridgehead atoms. The Morgan fingerprint density at radius 3 is 2.38 bits per heavy atom. The van der Waals surface area contributed by atoms with E-state index in [-0.39, 0.29) is 47.5 Å². The molecule has 4 aromatic rings. The monoisotopic (exact) mass is 569 g/mol. The maximum absolute atomic E-state index is 16.8. The number of aryl methyl sites for hydroxylation is 1. The highest BCUT2D eigenvalue weighted by atomic mass is 35.5. The number of benzene rings is 3. The first-order chi connectivity index (χ1) is 18.9. The fourth-order valence-corrected chi connectivity index (χ4v) is 5.65. The highest BCUT2D eigenvalue weighted by Gasteiger charge is 2.33. The summed E-state index contributed by atoms with van der Waals surface area (Å²) in [5.41, 5.74) is -1.61. The summed E-state index contributed by atoms with van der Waals surface area (Å²) in [6, 6.07) is 10.1. The van der Waals surface area contributed by atoms with Crippen LogP contribution in [0.15, 0.2) is 52.1 Å². The van der Waals surface area contributed by atoms with Gasteiger partial charge < -0.3 is 19.7 Å². The summed E-state index contributed by atoms with van der Waals surface area (Å²) in [6.07, 6.45) is -1.10. The normalized spacial score (nSPS) is 13.7. The number of fused-ring (bicyclic) bond motifs is 1. The van der Waals surface area contributed by atoms with E-state index in [0.29, 0.717) is 16.8 Å². The van der Waals surface area contributed by atoms with Crippen molar-refractivity contribution in [1.29, 1.82) is 0 Å². The molecule has 0 spiro atoms. The molecule has 1 aliphatic heterocycles. The largest absolute Gasteiger partial charge is 0.507 e. The van der Waals surface area contributed by atoms with E-state index < -0.39 is 45.7 Å². The summed E-state index contributed by atoms with van der Waals surface area (Å²) >= 11 is 6.51. The molecule has 0 radical (unpaired) electrons. The number of halogens is 3. The first-order valence-corrected chi connectivity index (χ1v) is 13.0. The van der Waals surface area contributed by atoms with Crippen molar-refractivity contribution in [3.05, 3.63) is 91.0 Å². The Bertz CT molecular complexity index is 1790. The number of aromatic hydroxyl groups is 1. The van der Waals surface area contributed by atoms with Crippen LogP contribution in [-0.4, -0.2) is 43.4 Å². The van der Waals surface area contributed by atoms with Crippen LogP contribution < -0.4 is 11.1 Å². The van der Waals surface area contributed by atoms with Gasteiger partial charge in [0.2, 0.25) is 0 Å². The molecule has 8 nitrogen and oxygen atoms in total. The summed E-state index contributed by atoms with van der Waals surface area (Å²) in [7, 11) is 0. The van der Waals surface area contributed by atoms with Crippen molar-refractivity contribution in [2.45, 2.75) is 33.2 Å². The van der Waals surface area contributed by atoms with Crippen LogP contribution in [0.2, 0.25) is 5.02 Å². The van der Waals surface area contributed by atoms with Crippen LogP contribution in [0, 0.1) is 24.5 Å². The molecule has 1 aromatic heterocycles. The van der Waals surface area contributed by atoms with E-state index in [9.17, 15) is 29.0 Å². The Labute approximate surface area is 232 Å². The standard InChI is InChI=1S/C29H26ClF2N3O5/c1-14(2)17-7-4-6-15(3)25(17)35-26-20(34(27(37)28(35)38)13-16-11-33(12-16)29(39)40)10-18(30)22(24(26)32)23-19(31)8-5-9-21(23)36/h4-10,14,16,36H,11-13H2,1-3H3,(H,39,40). The minimum Gasteiger partial charge on any atom is -0.507 e. The van der Waals surface area contributed by atoms with Gasteiger partial charge in [0.25, 0.3) is 0 Å². The first kappa shape index (κ1) is 27.4. The number of phenolic OH excluding ortho intramolecular Hbond substituents is 1. The molecular weight excluding hydrogens is 544 g/mol. The Kier molecular flexibility index (Phi) is 6.91. The molecule has 1 saturated heterocycles. The summed E-state index contributed by atoms with van der Waals surface area (Å²) in [5, 5.41) is 19.4. The number of aromatic nitrogens is 2. The molecule has 40 heavy (non-hydrogen) atoms. The van der Waals surface area contributed by atoms with Gasteiger partial charge in [-0.1, -0.05) is 49.7 Å². The predicted molar refractivity (Wildman–Crippen MR) is 148 cm³/mol. The van der Waals surface area contributed by atoms with Crippen LogP contribution in [0.4, 0.5) is 13.6 Å². The first-order valence-electron chi connectivity index (χ1n) is 12.7. The zero-order valence-electron chi connectivity index (χ0n) is 21.9. The second kappa shape index (κ2) is 10.1. The topological polar surface area (TPSA) is 105 Å². The van der Waals surface area contributed by atoms with Gasteiger partial charge in [-0.2, -0.15) is 0 Å². The number of hydrogen-bond donors (Lipinski definition) is 2. The minimum absolute atomic E-state index is 0.0154.